The van der Waals surface area contributed by atoms with Gasteiger partial charge in [-0.05, 0) is 18.9 Å². The van der Waals surface area contributed by atoms with E-state index >= 15 is 0 Å². The predicted octanol–water partition coefficient (Wildman–Crippen LogP) is 2.17. The van der Waals surface area contributed by atoms with Crippen LogP contribution in [0.2, 0.25) is 0 Å². The number of aryl methyl sites for hydroxylation is 1. The van der Waals surface area contributed by atoms with Crippen molar-refractivity contribution >= 4 is 5.82 Å². The number of piperidine rings is 1. The van der Waals surface area contributed by atoms with Crippen molar-refractivity contribution in [1.29, 1.82) is 0 Å². The predicted molar refractivity (Wildman–Crippen MR) is 91.5 cm³/mol. The minimum Gasteiger partial charge on any atom is -0.378 e. The molecule has 0 aliphatic carbocycles. The Kier molecular flexibility index (Phi) is 5.20. The lowest BCUT2D eigenvalue weighted by atomic mass is 10.0. The summed E-state index contributed by atoms with van der Waals surface area (Å²) >= 11 is 0. The van der Waals surface area contributed by atoms with Gasteiger partial charge in [-0.15, -0.1) is 0 Å². The third kappa shape index (κ3) is 4.06. The van der Waals surface area contributed by atoms with Crippen LogP contribution in [0.3, 0.4) is 0 Å². The van der Waals surface area contributed by atoms with Gasteiger partial charge in [0.05, 0.1) is 6.10 Å². The van der Waals surface area contributed by atoms with Gasteiger partial charge in [0.25, 0.3) is 0 Å². The van der Waals surface area contributed by atoms with Crippen molar-refractivity contribution in [2.45, 2.75) is 32.0 Å². The molecule has 1 fully saturated rings. The van der Waals surface area contributed by atoms with Crippen LogP contribution in [0.5, 0.6) is 0 Å². The first-order chi connectivity index (χ1) is 11.3. The highest BCUT2D eigenvalue weighted by atomic mass is 16.5. The van der Waals surface area contributed by atoms with Gasteiger partial charge in [0, 0.05) is 44.5 Å². The Morgan fingerprint density at radius 2 is 2.09 bits per heavy atom. The van der Waals surface area contributed by atoms with E-state index in [4.69, 9.17) is 4.74 Å². The lowest BCUT2D eigenvalue weighted by Crippen LogP contribution is -2.53. The van der Waals surface area contributed by atoms with Crippen LogP contribution >= 0.6 is 0 Å². The van der Waals surface area contributed by atoms with Gasteiger partial charge in [-0.3, -0.25) is 0 Å². The number of aromatic nitrogens is 2. The summed E-state index contributed by atoms with van der Waals surface area (Å²) in [5.74, 6) is 0.987. The van der Waals surface area contributed by atoms with E-state index in [1.807, 2.05) is 19.1 Å². The van der Waals surface area contributed by atoms with E-state index in [-0.39, 0.29) is 6.10 Å². The molecule has 1 N–H and O–H groups in total. The smallest absolute Gasteiger partial charge is 0.132 e. The average Bonchev–Trinajstić information content (AvgIpc) is 2.60. The fraction of sp³-hybridized carbons (Fsp3) is 0.444. The fourth-order valence-electron chi connectivity index (χ4n) is 3.06. The second kappa shape index (κ2) is 7.53. The molecule has 0 saturated carbocycles. The van der Waals surface area contributed by atoms with E-state index in [9.17, 15) is 0 Å². The van der Waals surface area contributed by atoms with Gasteiger partial charge in [-0.2, -0.15) is 0 Å². The normalized spacial score (nSPS) is 21.4. The van der Waals surface area contributed by atoms with Crippen LogP contribution in [-0.4, -0.2) is 42.3 Å². The molecule has 23 heavy (non-hydrogen) atoms. The summed E-state index contributed by atoms with van der Waals surface area (Å²) in [7, 11) is 1.79. The average molecular weight is 312 g/mol. The first-order valence-corrected chi connectivity index (χ1v) is 8.10. The molecule has 1 aliphatic rings. The van der Waals surface area contributed by atoms with Crippen molar-refractivity contribution in [3.05, 3.63) is 54.0 Å². The first kappa shape index (κ1) is 15.9. The van der Waals surface area contributed by atoms with Crippen LogP contribution in [0.15, 0.2) is 42.7 Å². The van der Waals surface area contributed by atoms with E-state index in [1.165, 1.54) is 5.56 Å². The highest BCUT2D eigenvalue weighted by molar-refractivity contribution is 5.39. The van der Waals surface area contributed by atoms with E-state index < -0.39 is 0 Å². The summed E-state index contributed by atoms with van der Waals surface area (Å²) in [6.07, 6.45) is 2.82. The summed E-state index contributed by atoms with van der Waals surface area (Å²) in [6, 6.07) is 12.9. The quantitative estimate of drug-likeness (QED) is 0.917. The molecule has 1 aromatic heterocycles. The number of anilines is 1. The second-order valence-electron chi connectivity index (χ2n) is 6.00. The zero-order chi connectivity index (χ0) is 16.1. The highest BCUT2D eigenvalue weighted by Gasteiger charge is 2.29. The topological polar surface area (TPSA) is 50.3 Å². The standard InChI is InChI=1S/C18H24N4O/c1-14-10-18(21-13-20-14)22-9-8-16(17(12-22)23-2)19-11-15-6-4-3-5-7-15/h3-7,10,13,16-17,19H,8-9,11-12H2,1-2H3/t16-,17+/m0/s1. The fourth-order valence-corrected chi connectivity index (χ4v) is 3.06. The Balaban J connectivity index is 1.60. The summed E-state index contributed by atoms with van der Waals surface area (Å²) in [4.78, 5) is 10.8. The summed E-state index contributed by atoms with van der Waals surface area (Å²) in [5, 5.41) is 3.64. The van der Waals surface area contributed by atoms with Crippen LogP contribution in [0.25, 0.3) is 0 Å². The van der Waals surface area contributed by atoms with Crippen LogP contribution < -0.4 is 10.2 Å². The minimum atomic E-state index is 0.155. The van der Waals surface area contributed by atoms with Crippen LogP contribution in [-0.2, 0) is 11.3 Å². The third-order valence-electron chi connectivity index (χ3n) is 4.39. The molecule has 1 saturated heterocycles. The lowest BCUT2D eigenvalue weighted by molar-refractivity contribution is 0.0593. The zero-order valence-corrected chi connectivity index (χ0v) is 13.8. The second-order valence-corrected chi connectivity index (χ2v) is 6.00. The monoisotopic (exact) mass is 312 g/mol. The van der Waals surface area contributed by atoms with Crippen LogP contribution in [0.1, 0.15) is 17.7 Å². The summed E-state index contributed by atoms with van der Waals surface area (Å²) < 4.78 is 5.73. The van der Waals surface area contributed by atoms with Crippen molar-refractivity contribution in [2.24, 2.45) is 0 Å². The van der Waals surface area contributed by atoms with Crippen LogP contribution in [0.4, 0.5) is 5.82 Å². The number of nitrogens with one attached hydrogen (secondary N) is 1. The van der Waals surface area contributed by atoms with Gasteiger partial charge in [-0.25, -0.2) is 9.97 Å². The van der Waals surface area contributed by atoms with Crippen molar-refractivity contribution in [3.63, 3.8) is 0 Å². The van der Waals surface area contributed by atoms with Gasteiger partial charge in [0.15, 0.2) is 0 Å². The van der Waals surface area contributed by atoms with Crippen LogP contribution in [0, 0.1) is 6.92 Å². The Bertz CT molecular complexity index is 619. The molecule has 2 aromatic rings. The van der Waals surface area contributed by atoms with E-state index in [0.29, 0.717) is 6.04 Å². The molecule has 2 atom stereocenters. The van der Waals surface area contributed by atoms with E-state index in [1.54, 1.807) is 13.4 Å². The molecule has 0 amide bonds. The Morgan fingerprint density at radius 1 is 1.26 bits per heavy atom. The van der Waals surface area contributed by atoms with Crippen molar-refractivity contribution in [1.82, 2.24) is 15.3 Å². The number of hydrogen-bond donors (Lipinski definition) is 1. The molecule has 1 aromatic carbocycles. The highest BCUT2D eigenvalue weighted by Crippen LogP contribution is 2.20. The maximum Gasteiger partial charge on any atom is 0.132 e. The number of rotatable bonds is 5. The van der Waals surface area contributed by atoms with Gasteiger partial charge in [0.1, 0.15) is 12.1 Å². The molecular weight excluding hydrogens is 288 g/mol. The molecule has 5 nitrogen and oxygen atoms in total. The Hall–Kier alpha value is -1.98. The number of ether oxygens (including phenoxy) is 1. The molecule has 0 unspecified atom stereocenters. The molecule has 122 valence electrons. The summed E-state index contributed by atoms with van der Waals surface area (Å²) in [6.45, 7) is 4.69. The zero-order valence-electron chi connectivity index (χ0n) is 13.8. The summed E-state index contributed by atoms with van der Waals surface area (Å²) in [5.41, 5.74) is 2.30. The number of hydrogen-bond acceptors (Lipinski definition) is 5. The lowest BCUT2D eigenvalue weighted by Gasteiger charge is -2.38. The van der Waals surface area contributed by atoms with Crippen molar-refractivity contribution in [2.75, 3.05) is 25.1 Å². The SMILES string of the molecule is CO[C@@H]1CN(c2cc(C)ncn2)CC[C@@H]1NCc1ccccc1. The van der Waals surface area contributed by atoms with Gasteiger partial charge in [-0.1, -0.05) is 30.3 Å². The maximum absolute atomic E-state index is 5.73. The van der Waals surface area contributed by atoms with Gasteiger partial charge >= 0.3 is 0 Å². The molecule has 1 aliphatic heterocycles. The molecule has 0 spiro atoms. The number of methoxy groups -OCH3 is 1. The molecule has 0 bridgehead atoms. The Labute approximate surface area is 137 Å². The van der Waals surface area contributed by atoms with Gasteiger partial charge in [0.2, 0.25) is 0 Å². The molecule has 0 radical (unpaired) electrons. The Morgan fingerprint density at radius 3 is 2.83 bits per heavy atom. The molecule has 5 heteroatoms. The maximum atomic E-state index is 5.73. The van der Waals surface area contributed by atoms with Gasteiger partial charge < -0.3 is 15.0 Å². The van der Waals surface area contributed by atoms with E-state index in [0.717, 1.165) is 37.6 Å². The first-order valence-electron chi connectivity index (χ1n) is 8.10. The number of nitrogens with zero attached hydrogens (tertiary/aromatic N) is 3. The largest absolute Gasteiger partial charge is 0.378 e. The van der Waals surface area contributed by atoms with Crippen molar-refractivity contribution < 1.29 is 4.74 Å². The minimum absolute atomic E-state index is 0.155. The molecule has 2 heterocycles. The number of benzene rings is 1. The molecular formula is C18H24N4O. The van der Waals surface area contributed by atoms with E-state index in [2.05, 4.69) is 44.5 Å². The third-order valence-corrected chi connectivity index (χ3v) is 4.39. The van der Waals surface area contributed by atoms with Crippen molar-refractivity contribution in [3.8, 4) is 0 Å². The molecule has 3 rings (SSSR count).